The van der Waals surface area contributed by atoms with Crippen molar-refractivity contribution in [1.29, 1.82) is 0 Å². The van der Waals surface area contributed by atoms with Gasteiger partial charge < -0.3 is 5.32 Å². The summed E-state index contributed by atoms with van der Waals surface area (Å²) in [5, 5.41) is 3.73. The molecule has 5 atom stereocenters. The van der Waals surface area contributed by atoms with Crippen molar-refractivity contribution in [2.75, 3.05) is 6.54 Å². The van der Waals surface area contributed by atoms with Crippen LogP contribution < -0.4 is 5.32 Å². The molecular formula is C17H30N2. The van der Waals surface area contributed by atoms with E-state index in [1.807, 2.05) is 0 Å². The zero-order chi connectivity index (χ0) is 12.8. The van der Waals surface area contributed by atoms with Gasteiger partial charge in [-0.05, 0) is 63.3 Å². The minimum atomic E-state index is 0.815. The molecule has 0 aromatic heterocycles. The van der Waals surface area contributed by atoms with Crippen molar-refractivity contribution in [1.82, 2.24) is 10.2 Å². The molecule has 5 unspecified atom stereocenters. The van der Waals surface area contributed by atoms with E-state index in [-0.39, 0.29) is 0 Å². The zero-order valence-electron chi connectivity index (χ0n) is 12.5. The van der Waals surface area contributed by atoms with Gasteiger partial charge in [-0.15, -0.1) is 0 Å². The third-order valence-electron chi connectivity index (χ3n) is 6.61. The molecule has 2 aliphatic carbocycles. The Labute approximate surface area is 118 Å². The van der Waals surface area contributed by atoms with Gasteiger partial charge in [0.15, 0.2) is 0 Å². The molecule has 0 aromatic carbocycles. The van der Waals surface area contributed by atoms with Gasteiger partial charge in [0.25, 0.3) is 0 Å². The molecule has 1 N–H and O–H groups in total. The van der Waals surface area contributed by atoms with Crippen molar-refractivity contribution in [3.05, 3.63) is 0 Å². The lowest BCUT2D eigenvalue weighted by molar-refractivity contribution is -0.0279. The van der Waals surface area contributed by atoms with Crippen LogP contribution in [0.25, 0.3) is 0 Å². The van der Waals surface area contributed by atoms with Gasteiger partial charge in [-0.2, -0.15) is 0 Å². The Bertz CT molecular complexity index is 315. The van der Waals surface area contributed by atoms with Gasteiger partial charge in [-0.25, -0.2) is 0 Å². The monoisotopic (exact) mass is 262 g/mol. The van der Waals surface area contributed by atoms with Crippen LogP contribution in [0.4, 0.5) is 0 Å². The fourth-order valence-electron chi connectivity index (χ4n) is 5.99. The SMILES string of the molecule is CCNC1CC2CCCC(C1)N2C1CC2CCC1C2. The first-order valence-corrected chi connectivity index (χ1v) is 8.86. The molecule has 2 heterocycles. The van der Waals surface area contributed by atoms with Crippen LogP contribution in [-0.4, -0.2) is 35.6 Å². The Morgan fingerprint density at radius 3 is 2.32 bits per heavy atom. The Morgan fingerprint density at radius 2 is 1.74 bits per heavy atom. The molecule has 4 rings (SSSR count). The maximum absolute atomic E-state index is 3.73. The average Bonchev–Trinajstić information content (AvgIpc) is 3.00. The van der Waals surface area contributed by atoms with Crippen LogP contribution in [0.15, 0.2) is 0 Å². The molecular weight excluding hydrogens is 232 g/mol. The van der Waals surface area contributed by atoms with Gasteiger partial charge in [0.05, 0.1) is 0 Å². The van der Waals surface area contributed by atoms with E-state index in [9.17, 15) is 0 Å². The standard InChI is InChI=1S/C17H30N2/c1-2-18-14-10-15-4-3-5-16(11-14)19(15)17-9-12-6-7-13(17)8-12/h12-18H,2-11H2,1H3. The van der Waals surface area contributed by atoms with Gasteiger partial charge in [0.1, 0.15) is 0 Å². The third-order valence-corrected chi connectivity index (χ3v) is 6.61. The lowest BCUT2D eigenvalue weighted by Gasteiger charge is -2.53. The van der Waals surface area contributed by atoms with Crippen LogP contribution in [0.2, 0.25) is 0 Å². The summed E-state index contributed by atoms with van der Waals surface area (Å²) in [6.07, 6.45) is 13.5. The van der Waals surface area contributed by atoms with Crippen molar-refractivity contribution in [3.63, 3.8) is 0 Å². The maximum Gasteiger partial charge on any atom is 0.0132 e. The van der Waals surface area contributed by atoms with Gasteiger partial charge >= 0.3 is 0 Å². The molecule has 4 fully saturated rings. The van der Waals surface area contributed by atoms with Crippen molar-refractivity contribution in [3.8, 4) is 0 Å². The predicted molar refractivity (Wildman–Crippen MR) is 79.2 cm³/mol. The number of fused-ring (bicyclic) bond motifs is 4. The third kappa shape index (κ3) is 2.15. The highest BCUT2D eigenvalue weighted by Crippen LogP contribution is 2.50. The van der Waals surface area contributed by atoms with Crippen LogP contribution in [0, 0.1) is 11.8 Å². The fourth-order valence-corrected chi connectivity index (χ4v) is 5.99. The summed E-state index contributed by atoms with van der Waals surface area (Å²) in [7, 11) is 0. The predicted octanol–water partition coefficient (Wildman–Crippen LogP) is 3.17. The van der Waals surface area contributed by atoms with Gasteiger partial charge in [-0.1, -0.05) is 19.8 Å². The summed E-state index contributed by atoms with van der Waals surface area (Å²) in [6, 6.07) is 3.63. The summed E-state index contributed by atoms with van der Waals surface area (Å²) in [6.45, 7) is 3.41. The molecule has 2 aliphatic heterocycles. The Kier molecular flexibility index (Phi) is 3.35. The van der Waals surface area contributed by atoms with E-state index >= 15 is 0 Å². The van der Waals surface area contributed by atoms with Crippen LogP contribution in [-0.2, 0) is 0 Å². The molecule has 19 heavy (non-hydrogen) atoms. The highest BCUT2D eigenvalue weighted by molar-refractivity contribution is 5.03. The van der Waals surface area contributed by atoms with Crippen LogP contribution in [0.1, 0.15) is 64.7 Å². The summed E-state index contributed by atoms with van der Waals surface area (Å²) in [4.78, 5) is 3.04. The lowest BCUT2D eigenvalue weighted by Crippen LogP contribution is -2.60. The van der Waals surface area contributed by atoms with E-state index in [4.69, 9.17) is 0 Å². The van der Waals surface area contributed by atoms with Crippen molar-refractivity contribution < 1.29 is 0 Å². The lowest BCUT2D eigenvalue weighted by atomic mass is 9.78. The molecule has 108 valence electrons. The molecule has 2 nitrogen and oxygen atoms in total. The minimum Gasteiger partial charge on any atom is -0.314 e. The van der Waals surface area contributed by atoms with E-state index in [1.54, 1.807) is 25.7 Å². The van der Waals surface area contributed by atoms with E-state index < -0.39 is 0 Å². The molecule has 0 spiro atoms. The van der Waals surface area contributed by atoms with E-state index in [2.05, 4.69) is 17.1 Å². The summed E-state index contributed by atoms with van der Waals surface area (Å²) in [5.74, 6) is 2.17. The fraction of sp³-hybridized carbons (Fsp3) is 1.00. The Hall–Kier alpha value is -0.0800. The number of nitrogens with zero attached hydrogens (tertiary/aromatic N) is 1. The normalized spacial score (nSPS) is 49.7. The van der Waals surface area contributed by atoms with E-state index in [1.165, 1.54) is 32.1 Å². The largest absolute Gasteiger partial charge is 0.314 e. The molecule has 2 heteroatoms. The van der Waals surface area contributed by atoms with Crippen LogP contribution in [0.3, 0.4) is 0 Å². The number of rotatable bonds is 3. The first kappa shape index (κ1) is 12.6. The van der Waals surface area contributed by atoms with E-state index in [0.717, 1.165) is 42.5 Å². The summed E-state index contributed by atoms with van der Waals surface area (Å²) in [5.41, 5.74) is 0. The smallest absolute Gasteiger partial charge is 0.0132 e. The van der Waals surface area contributed by atoms with Gasteiger partial charge in [0.2, 0.25) is 0 Å². The molecule has 4 bridgehead atoms. The molecule has 2 saturated heterocycles. The molecule has 0 aromatic rings. The highest BCUT2D eigenvalue weighted by Gasteiger charge is 2.48. The second kappa shape index (κ2) is 5.04. The second-order valence-electron chi connectivity index (χ2n) is 7.65. The van der Waals surface area contributed by atoms with E-state index in [0.29, 0.717) is 0 Å². The first-order chi connectivity index (χ1) is 9.35. The zero-order valence-corrected chi connectivity index (χ0v) is 12.5. The van der Waals surface area contributed by atoms with Crippen molar-refractivity contribution in [2.45, 2.75) is 88.9 Å². The topological polar surface area (TPSA) is 15.3 Å². The number of hydrogen-bond acceptors (Lipinski definition) is 2. The van der Waals surface area contributed by atoms with Crippen molar-refractivity contribution in [2.24, 2.45) is 11.8 Å². The number of hydrogen-bond donors (Lipinski definition) is 1. The Balaban J connectivity index is 1.50. The average molecular weight is 262 g/mol. The second-order valence-corrected chi connectivity index (χ2v) is 7.65. The van der Waals surface area contributed by atoms with Gasteiger partial charge in [-0.3, -0.25) is 4.90 Å². The number of piperidine rings is 2. The molecule has 2 saturated carbocycles. The van der Waals surface area contributed by atoms with Gasteiger partial charge in [0, 0.05) is 24.2 Å². The quantitative estimate of drug-likeness (QED) is 0.840. The minimum absolute atomic E-state index is 0.815. The maximum atomic E-state index is 3.73. The van der Waals surface area contributed by atoms with Crippen LogP contribution >= 0.6 is 0 Å². The molecule has 0 radical (unpaired) electrons. The number of nitrogens with one attached hydrogen (secondary N) is 1. The highest BCUT2D eigenvalue weighted by atomic mass is 15.3. The molecule has 4 aliphatic rings. The summed E-state index contributed by atoms with van der Waals surface area (Å²) >= 11 is 0. The van der Waals surface area contributed by atoms with Crippen LogP contribution in [0.5, 0.6) is 0 Å². The first-order valence-electron chi connectivity index (χ1n) is 8.86. The molecule has 0 amide bonds. The summed E-state index contributed by atoms with van der Waals surface area (Å²) < 4.78 is 0. The van der Waals surface area contributed by atoms with Crippen molar-refractivity contribution >= 4 is 0 Å². The Morgan fingerprint density at radius 1 is 0.947 bits per heavy atom.